The summed E-state index contributed by atoms with van der Waals surface area (Å²) in [6.45, 7) is 5.86. The molecule has 0 amide bonds. The van der Waals surface area contributed by atoms with Gasteiger partial charge < -0.3 is 0 Å². The van der Waals surface area contributed by atoms with Crippen molar-refractivity contribution in [3.05, 3.63) is 35.2 Å². The van der Waals surface area contributed by atoms with E-state index in [1.807, 2.05) is 6.92 Å². The van der Waals surface area contributed by atoms with E-state index in [-0.39, 0.29) is 16.6 Å². The van der Waals surface area contributed by atoms with Gasteiger partial charge in [0.1, 0.15) is 0 Å². The maximum atomic E-state index is 12.0. The summed E-state index contributed by atoms with van der Waals surface area (Å²) in [4.78, 5) is 0.179. The van der Waals surface area contributed by atoms with Crippen LogP contribution < -0.4 is 0 Å². The van der Waals surface area contributed by atoms with Gasteiger partial charge in [-0.25, -0.2) is 8.42 Å². The number of hydrogen-bond donors (Lipinski definition) is 0. The van der Waals surface area contributed by atoms with E-state index in [4.69, 9.17) is 23.2 Å². The quantitative estimate of drug-likeness (QED) is 0.822. The average Bonchev–Trinajstić information content (AvgIpc) is 2.24. The first-order chi connectivity index (χ1) is 7.85. The third-order valence-corrected chi connectivity index (χ3v) is 4.73. The normalized spacial score (nSPS) is 13.6. The van der Waals surface area contributed by atoms with Gasteiger partial charge in [0.15, 0.2) is 9.84 Å². The molecule has 1 radical (unpaired) electrons. The monoisotopic (exact) mass is 293 g/mol. The van der Waals surface area contributed by atoms with Gasteiger partial charge in [-0.1, -0.05) is 43.5 Å². The Kier molecular flexibility index (Phi) is 5.29. The summed E-state index contributed by atoms with van der Waals surface area (Å²) in [5.74, 6) is 0.227. The van der Waals surface area contributed by atoms with Crippen molar-refractivity contribution < 1.29 is 8.42 Å². The third kappa shape index (κ3) is 4.49. The van der Waals surface area contributed by atoms with Gasteiger partial charge in [-0.05, 0) is 30.5 Å². The molecule has 0 saturated carbocycles. The van der Waals surface area contributed by atoms with Crippen molar-refractivity contribution in [2.45, 2.75) is 24.7 Å². The molecule has 0 fully saturated rings. The molecule has 1 aromatic carbocycles. The lowest BCUT2D eigenvalue weighted by Crippen LogP contribution is -2.10. The van der Waals surface area contributed by atoms with Gasteiger partial charge in [0.2, 0.25) is 0 Å². The van der Waals surface area contributed by atoms with Gasteiger partial charge in [-0.15, -0.1) is 0 Å². The molecule has 2 nitrogen and oxygen atoms in total. The van der Waals surface area contributed by atoms with Gasteiger partial charge in [-0.2, -0.15) is 0 Å². The summed E-state index contributed by atoms with van der Waals surface area (Å²) in [7, 11) is -3.32. The fourth-order valence-corrected chi connectivity index (χ4v) is 3.50. The summed E-state index contributed by atoms with van der Waals surface area (Å²) >= 11 is 11.6. The minimum absolute atomic E-state index is 0.0751. The molecule has 5 heteroatoms. The Morgan fingerprint density at radius 2 is 1.76 bits per heavy atom. The van der Waals surface area contributed by atoms with Crippen LogP contribution in [0.2, 0.25) is 10.0 Å². The number of rotatable bonds is 5. The van der Waals surface area contributed by atoms with Crippen LogP contribution in [-0.4, -0.2) is 14.2 Å². The average molecular weight is 294 g/mol. The second-order valence-electron chi connectivity index (χ2n) is 3.99. The largest absolute Gasteiger partial charge is 0.224 e. The number of sulfone groups is 1. The molecule has 0 saturated heterocycles. The predicted molar refractivity (Wildman–Crippen MR) is 72.3 cm³/mol. The maximum absolute atomic E-state index is 12.0. The van der Waals surface area contributed by atoms with Crippen molar-refractivity contribution in [2.24, 2.45) is 5.92 Å². The molecule has 1 aromatic rings. The molecule has 1 atom stereocenters. The van der Waals surface area contributed by atoms with E-state index < -0.39 is 9.84 Å². The molecule has 0 N–H and O–H groups in total. The van der Waals surface area contributed by atoms with Crippen molar-refractivity contribution in [2.75, 3.05) is 5.75 Å². The van der Waals surface area contributed by atoms with E-state index in [0.717, 1.165) is 6.42 Å². The fourth-order valence-electron chi connectivity index (χ4n) is 1.35. The summed E-state index contributed by atoms with van der Waals surface area (Å²) in [6, 6.07) is 4.36. The topological polar surface area (TPSA) is 34.1 Å². The van der Waals surface area contributed by atoms with E-state index in [2.05, 4.69) is 6.92 Å². The van der Waals surface area contributed by atoms with Gasteiger partial charge in [0, 0.05) is 10.0 Å². The van der Waals surface area contributed by atoms with Crippen LogP contribution in [0.25, 0.3) is 0 Å². The van der Waals surface area contributed by atoms with Crippen LogP contribution in [0.15, 0.2) is 23.1 Å². The highest BCUT2D eigenvalue weighted by atomic mass is 35.5. The lowest BCUT2D eigenvalue weighted by molar-refractivity contribution is 0.567. The van der Waals surface area contributed by atoms with E-state index >= 15 is 0 Å². The first-order valence-electron chi connectivity index (χ1n) is 5.37. The van der Waals surface area contributed by atoms with E-state index in [9.17, 15) is 8.42 Å². The number of hydrogen-bond acceptors (Lipinski definition) is 2. The van der Waals surface area contributed by atoms with Crippen LogP contribution in [0, 0.1) is 12.8 Å². The SMILES string of the molecule is [CH2]C(CC)CCS(=O)(=O)c1cc(Cl)cc(Cl)c1. The summed E-state index contributed by atoms with van der Waals surface area (Å²) in [5, 5.41) is 0.662. The Bertz CT molecular complexity index is 463. The van der Waals surface area contributed by atoms with Crippen LogP contribution >= 0.6 is 23.2 Å². The van der Waals surface area contributed by atoms with Crippen LogP contribution in [-0.2, 0) is 9.84 Å². The lowest BCUT2D eigenvalue weighted by Gasteiger charge is -2.09. The molecular weight excluding hydrogens is 279 g/mol. The maximum Gasteiger partial charge on any atom is 0.178 e. The summed E-state index contributed by atoms with van der Waals surface area (Å²) in [5.41, 5.74) is 0. The van der Waals surface area contributed by atoms with Gasteiger partial charge in [0.05, 0.1) is 10.6 Å². The molecule has 0 aliphatic rings. The molecule has 0 heterocycles. The van der Waals surface area contributed by atoms with Gasteiger partial charge in [-0.3, -0.25) is 0 Å². The van der Waals surface area contributed by atoms with E-state index in [1.54, 1.807) is 0 Å². The Labute approximate surface area is 113 Å². The molecule has 0 spiro atoms. The zero-order valence-corrected chi connectivity index (χ0v) is 11.9. The highest BCUT2D eigenvalue weighted by molar-refractivity contribution is 7.91. The van der Waals surface area contributed by atoms with Crippen LogP contribution in [0.5, 0.6) is 0 Å². The molecule has 0 bridgehead atoms. The molecule has 1 unspecified atom stereocenters. The van der Waals surface area contributed by atoms with E-state index in [1.165, 1.54) is 18.2 Å². The Balaban J connectivity index is 2.89. The molecular formula is C12H15Cl2O2S. The molecule has 17 heavy (non-hydrogen) atoms. The standard InChI is InChI=1S/C12H15Cl2O2S/c1-3-9(2)4-5-17(15,16)12-7-10(13)6-11(14)8-12/h6-9H,2-5H2,1H3. The second kappa shape index (κ2) is 6.07. The molecule has 0 aliphatic carbocycles. The Morgan fingerprint density at radius 1 is 1.24 bits per heavy atom. The smallest absolute Gasteiger partial charge is 0.178 e. The first kappa shape index (κ1) is 14.8. The van der Waals surface area contributed by atoms with Crippen molar-refractivity contribution in [1.29, 1.82) is 0 Å². The minimum atomic E-state index is -3.32. The zero-order valence-electron chi connectivity index (χ0n) is 9.62. The Morgan fingerprint density at radius 3 is 2.24 bits per heavy atom. The second-order valence-corrected chi connectivity index (χ2v) is 6.97. The summed E-state index contributed by atoms with van der Waals surface area (Å²) < 4.78 is 24.0. The highest BCUT2D eigenvalue weighted by Crippen LogP contribution is 2.24. The van der Waals surface area contributed by atoms with Crippen molar-refractivity contribution >= 4 is 33.0 Å². The highest BCUT2D eigenvalue weighted by Gasteiger charge is 2.16. The predicted octanol–water partition coefficient (Wildman–Crippen LogP) is 4.02. The van der Waals surface area contributed by atoms with Crippen molar-refractivity contribution in [1.82, 2.24) is 0 Å². The van der Waals surface area contributed by atoms with Crippen molar-refractivity contribution in [3.63, 3.8) is 0 Å². The third-order valence-electron chi connectivity index (χ3n) is 2.57. The number of halogens is 2. The summed E-state index contributed by atoms with van der Waals surface area (Å²) in [6.07, 6.45) is 1.41. The zero-order chi connectivity index (χ0) is 13.1. The van der Waals surface area contributed by atoms with Crippen molar-refractivity contribution in [3.8, 4) is 0 Å². The van der Waals surface area contributed by atoms with Gasteiger partial charge >= 0.3 is 0 Å². The van der Waals surface area contributed by atoms with Crippen LogP contribution in [0.4, 0.5) is 0 Å². The van der Waals surface area contributed by atoms with Crippen LogP contribution in [0.1, 0.15) is 19.8 Å². The molecule has 95 valence electrons. The lowest BCUT2D eigenvalue weighted by atomic mass is 10.1. The molecule has 0 aliphatic heterocycles. The van der Waals surface area contributed by atoms with Gasteiger partial charge in [0.25, 0.3) is 0 Å². The van der Waals surface area contributed by atoms with Crippen LogP contribution in [0.3, 0.4) is 0 Å². The number of benzene rings is 1. The minimum Gasteiger partial charge on any atom is -0.224 e. The molecule has 1 rings (SSSR count). The Hall–Kier alpha value is -0.250. The molecule has 0 aromatic heterocycles. The first-order valence-corrected chi connectivity index (χ1v) is 7.78. The fraction of sp³-hybridized carbons (Fsp3) is 0.417. The van der Waals surface area contributed by atoms with E-state index in [0.29, 0.717) is 16.5 Å².